The van der Waals surface area contributed by atoms with Gasteiger partial charge in [0.05, 0.1) is 24.5 Å². The first kappa shape index (κ1) is 16.2. The molecule has 0 saturated heterocycles. The molecule has 1 aliphatic rings. The molecule has 9 heteroatoms. The van der Waals surface area contributed by atoms with Crippen LogP contribution >= 0.6 is 0 Å². The number of nitrogens with zero attached hydrogens (tertiary/aromatic N) is 4. The van der Waals surface area contributed by atoms with E-state index < -0.39 is 11.2 Å². The second kappa shape index (κ2) is 6.44. The summed E-state index contributed by atoms with van der Waals surface area (Å²) in [4.78, 5) is 39.6. The van der Waals surface area contributed by atoms with Crippen molar-refractivity contribution in [2.24, 2.45) is 0 Å². The molecule has 0 aliphatic carbocycles. The average Bonchev–Trinajstić information content (AvgIpc) is 2.83. The Morgan fingerprint density at radius 3 is 2.92 bits per heavy atom. The Morgan fingerprint density at radius 1 is 1.38 bits per heavy atom. The van der Waals surface area contributed by atoms with E-state index in [1.54, 1.807) is 22.6 Å². The molecule has 0 aromatic carbocycles. The highest BCUT2D eigenvalue weighted by Crippen LogP contribution is 2.14. The summed E-state index contributed by atoms with van der Waals surface area (Å²) in [7, 11) is 0. The van der Waals surface area contributed by atoms with Gasteiger partial charge in [0.15, 0.2) is 0 Å². The molecule has 3 rings (SSSR count). The number of hydrogen-bond donors (Lipinski definition) is 2. The van der Waals surface area contributed by atoms with Crippen molar-refractivity contribution in [3.05, 3.63) is 50.1 Å². The van der Waals surface area contributed by atoms with Gasteiger partial charge in [-0.25, -0.2) is 4.79 Å². The van der Waals surface area contributed by atoms with E-state index in [4.69, 9.17) is 0 Å². The number of aliphatic hydroxyl groups is 1. The molecule has 0 saturated carbocycles. The first-order chi connectivity index (χ1) is 11.5. The van der Waals surface area contributed by atoms with Crippen molar-refractivity contribution in [2.75, 3.05) is 6.54 Å². The number of aromatic nitrogens is 4. The Hall–Kier alpha value is -2.68. The summed E-state index contributed by atoms with van der Waals surface area (Å²) >= 11 is 0. The first-order valence-electron chi connectivity index (χ1n) is 7.72. The van der Waals surface area contributed by atoms with Crippen molar-refractivity contribution in [1.29, 1.82) is 0 Å². The second-order valence-corrected chi connectivity index (χ2v) is 5.88. The zero-order valence-electron chi connectivity index (χ0n) is 13.4. The lowest BCUT2D eigenvalue weighted by Gasteiger charge is -2.20. The number of hydrogen-bond acceptors (Lipinski definition) is 5. The Labute approximate surface area is 137 Å². The van der Waals surface area contributed by atoms with Gasteiger partial charge < -0.3 is 10.0 Å². The first-order valence-corrected chi connectivity index (χ1v) is 7.72. The lowest BCUT2D eigenvalue weighted by Crippen LogP contribution is -2.38. The molecule has 0 atom stereocenters. The van der Waals surface area contributed by atoms with E-state index in [2.05, 4.69) is 10.1 Å². The Bertz CT molecular complexity index is 879. The highest BCUT2D eigenvalue weighted by atomic mass is 16.3. The highest BCUT2D eigenvalue weighted by Gasteiger charge is 2.21. The molecule has 9 nitrogen and oxygen atoms in total. The number of aromatic amines is 1. The number of carbonyl (C=O) groups is 1. The number of H-pyrrole nitrogens is 1. The number of amides is 1. The van der Waals surface area contributed by atoms with Gasteiger partial charge in [-0.2, -0.15) is 5.10 Å². The zero-order valence-corrected chi connectivity index (χ0v) is 13.4. The molecule has 0 radical (unpaired) electrons. The maximum absolute atomic E-state index is 12.6. The molecular weight excluding hydrogens is 314 g/mol. The zero-order chi connectivity index (χ0) is 17.3. The summed E-state index contributed by atoms with van der Waals surface area (Å²) in [5.41, 5.74) is 0.769. The predicted octanol–water partition coefficient (Wildman–Crippen LogP) is -1.03. The molecule has 1 amide bonds. The molecule has 24 heavy (non-hydrogen) atoms. The van der Waals surface area contributed by atoms with Gasteiger partial charge in [0.25, 0.3) is 5.56 Å². The van der Waals surface area contributed by atoms with Gasteiger partial charge in [-0.15, -0.1) is 0 Å². The van der Waals surface area contributed by atoms with Gasteiger partial charge in [-0.1, -0.05) is 0 Å². The number of aliphatic hydroxyl groups excluding tert-OH is 1. The van der Waals surface area contributed by atoms with Crippen LogP contribution in [0.15, 0.2) is 21.9 Å². The third-order valence-corrected chi connectivity index (χ3v) is 4.07. The van der Waals surface area contributed by atoms with Crippen LogP contribution in [0.1, 0.15) is 23.4 Å². The molecular formula is C15H19N5O4. The smallest absolute Gasteiger partial charge is 0.328 e. The van der Waals surface area contributed by atoms with Crippen molar-refractivity contribution in [1.82, 2.24) is 24.2 Å². The molecule has 0 fully saturated rings. The van der Waals surface area contributed by atoms with Crippen molar-refractivity contribution < 1.29 is 9.90 Å². The minimum absolute atomic E-state index is 0.128. The number of rotatable bonds is 3. The summed E-state index contributed by atoms with van der Waals surface area (Å²) in [6.45, 7) is 2.94. The van der Waals surface area contributed by atoms with Crippen LogP contribution in [-0.4, -0.2) is 41.8 Å². The summed E-state index contributed by atoms with van der Waals surface area (Å²) < 4.78 is 3.01. The van der Waals surface area contributed by atoms with Crippen molar-refractivity contribution in [2.45, 2.75) is 39.6 Å². The number of nitrogens with one attached hydrogen (secondary N) is 1. The van der Waals surface area contributed by atoms with Gasteiger partial charge in [0.1, 0.15) is 6.54 Å². The molecule has 0 bridgehead atoms. The molecule has 2 N–H and O–H groups in total. The van der Waals surface area contributed by atoms with Crippen LogP contribution in [0.2, 0.25) is 0 Å². The second-order valence-electron chi connectivity index (χ2n) is 5.88. The number of fused-ring (bicyclic) bond motifs is 1. The fourth-order valence-corrected chi connectivity index (χ4v) is 2.79. The van der Waals surface area contributed by atoms with Crippen LogP contribution in [0.4, 0.5) is 0 Å². The summed E-state index contributed by atoms with van der Waals surface area (Å²) in [5, 5.41) is 13.5. The maximum Gasteiger partial charge on any atom is 0.328 e. The molecule has 1 aliphatic heterocycles. The molecule has 2 aromatic heterocycles. The number of aryl methyl sites for hydroxylation is 2. The predicted molar refractivity (Wildman–Crippen MR) is 84.2 cm³/mol. The quantitative estimate of drug-likeness (QED) is 0.745. The molecule has 3 heterocycles. The monoisotopic (exact) mass is 333 g/mol. The van der Waals surface area contributed by atoms with Crippen LogP contribution in [-0.2, 0) is 31.0 Å². The fourth-order valence-electron chi connectivity index (χ4n) is 2.79. The van der Waals surface area contributed by atoms with E-state index >= 15 is 0 Å². The van der Waals surface area contributed by atoms with Gasteiger partial charge in [-0.3, -0.25) is 23.8 Å². The average molecular weight is 333 g/mol. The standard InChI is InChI=1S/C15H19N5O4/c1-10-6-19(15(24)16-14(10)23)8-13(22)18-3-2-4-20-12(7-18)5-11(9-21)17-20/h5-6,21H,2-4,7-9H2,1H3,(H,16,23,24). The molecule has 2 aromatic rings. The van der Waals surface area contributed by atoms with Crippen LogP contribution < -0.4 is 11.2 Å². The summed E-state index contributed by atoms with van der Waals surface area (Å²) in [6, 6.07) is 1.78. The molecule has 0 spiro atoms. The van der Waals surface area contributed by atoms with Gasteiger partial charge in [0, 0.05) is 24.8 Å². The van der Waals surface area contributed by atoms with E-state index in [9.17, 15) is 19.5 Å². The Morgan fingerprint density at radius 2 is 2.17 bits per heavy atom. The summed E-state index contributed by atoms with van der Waals surface area (Å²) in [6.07, 6.45) is 2.13. The van der Waals surface area contributed by atoms with Gasteiger partial charge in [-0.05, 0) is 19.4 Å². The van der Waals surface area contributed by atoms with E-state index in [1.165, 1.54) is 10.8 Å². The lowest BCUT2D eigenvalue weighted by atomic mass is 10.3. The molecule has 0 unspecified atom stereocenters. The number of carbonyl (C=O) groups excluding carboxylic acids is 1. The largest absolute Gasteiger partial charge is 0.390 e. The van der Waals surface area contributed by atoms with Crippen molar-refractivity contribution in [3.8, 4) is 0 Å². The normalized spacial score (nSPS) is 14.3. The maximum atomic E-state index is 12.6. The van der Waals surface area contributed by atoms with Gasteiger partial charge >= 0.3 is 5.69 Å². The van der Waals surface area contributed by atoms with Crippen molar-refractivity contribution in [3.63, 3.8) is 0 Å². The fraction of sp³-hybridized carbons (Fsp3) is 0.467. The minimum atomic E-state index is -0.596. The molecule has 128 valence electrons. The van der Waals surface area contributed by atoms with E-state index in [0.717, 1.165) is 12.1 Å². The third kappa shape index (κ3) is 3.16. The van der Waals surface area contributed by atoms with Crippen LogP contribution in [0, 0.1) is 6.92 Å². The van der Waals surface area contributed by atoms with E-state index in [0.29, 0.717) is 30.9 Å². The van der Waals surface area contributed by atoms with E-state index in [1.807, 2.05) is 0 Å². The van der Waals surface area contributed by atoms with Crippen LogP contribution in [0.5, 0.6) is 0 Å². The summed E-state index contributed by atoms with van der Waals surface area (Å²) in [5.74, 6) is -0.205. The SMILES string of the molecule is Cc1cn(CC(=O)N2CCCn3nc(CO)cc3C2)c(=O)[nH]c1=O. The van der Waals surface area contributed by atoms with Crippen molar-refractivity contribution >= 4 is 5.91 Å². The third-order valence-electron chi connectivity index (χ3n) is 4.07. The van der Waals surface area contributed by atoms with Crippen LogP contribution in [0.3, 0.4) is 0 Å². The topological polar surface area (TPSA) is 113 Å². The van der Waals surface area contributed by atoms with Gasteiger partial charge in [0.2, 0.25) is 5.91 Å². The van der Waals surface area contributed by atoms with E-state index in [-0.39, 0.29) is 19.1 Å². The lowest BCUT2D eigenvalue weighted by molar-refractivity contribution is -0.132. The highest BCUT2D eigenvalue weighted by molar-refractivity contribution is 5.76. The van der Waals surface area contributed by atoms with Crippen LogP contribution in [0.25, 0.3) is 0 Å². The minimum Gasteiger partial charge on any atom is -0.390 e. The Kier molecular flexibility index (Phi) is 4.34. The Balaban J connectivity index is 1.79.